The number of furan rings is 1. The number of fused-ring (bicyclic) bond motifs is 9. The minimum atomic E-state index is -0.117. The van der Waals surface area contributed by atoms with E-state index in [2.05, 4.69) is 152 Å². The van der Waals surface area contributed by atoms with Crippen molar-refractivity contribution in [1.29, 1.82) is 0 Å². The predicted octanol–water partition coefficient (Wildman–Crippen LogP) is 13.7. The number of ketones is 1. The van der Waals surface area contributed by atoms with Gasteiger partial charge in [-0.2, -0.15) is 0 Å². The standard InChI is InChI=1S/C52H37NO2/c1-52(2)46-19-7-5-12-40(46)41-30-29-36(31-47(41)52)53(35-27-23-33(24-28-35)38-16-10-18-45-42-13-6-8-20-48(42)55-51(38)45)34-25-21-32(22-26-34)37-15-9-17-43-39-11-3-4-14-44(39)50(54)49(37)43/h3-21,23-25,27-31H,22,26H2,1-2H3. The molecule has 0 aliphatic heterocycles. The first-order chi connectivity index (χ1) is 27.0. The molecular formula is C52H37NO2. The van der Waals surface area contributed by atoms with Crippen LogP contribution in [0.5, 0.6) is 0 Å². The fourth-order valence-electron chi connectivity index (χ4n) is 9.45. The van der Waals surface area contributed by atoms with Gasteiger partial charge in [-0.1, -0.05) is 141 Å². The van der Waals surface area contributed by atoms with Crippen molar-refractivity contribution in [2.75, 3.05) is 4.90 Å². The van der Waals surface area contributed by atoms with E-state index < -0.39 is 0 Å². The van der Waals surface area contributed by atoms with Gasteiger partial charge in [0.25, 0.3) is 0 Å². The van der Waals surface area contributed by atoms with E-state index in [1.807, 2.05) is 30.3 Å². The van der Waals surface area contributed by atoms with Gasteiger partial charge in [-0.3, -0.25) is 4.79 Å². The van der Waals surface area contributed by atoms with Crippen LogP contribution in [0.15, 0.2) is 174 Å². The normalized spacial score (nSPS) is 15.0. The summed E-state index contributed by atoms with van der Waals surface area (Å²) in [6.07, 6.45) is 6.16. The summed E-state index contributed by atoms with van der Waals surface area (Å²) >= 11 is 0. The van der Waals surface area contributed by atoms with E-state index in [1.54, 1.807) is 0 Å². The predicted molar refractivity (Wildman–Crippen MR) is 226 cm³/mol. The molecule has 0 atom stereocenters. The average molecular weight is 708 g/mol. The lowest BCUT2D eigenvalue weighted by Gasteiger charge is -2.31. The maximum absolute atomic E-state index is 13.7. The van der Waals surface area contributed by atoms with Gasteiger partial charge in [-0.15, -0.1) is 0 Å². The summed E-state index contributed by atoms with van der Waals surface area (Å²) in [7, 11) is 0. The van der Waals surface area contributed by atoms with Crippen LogP contribution in [0.1, 0.15) is 59.3 Å². The van der Waals surface area contributed by atoms with Gasteiger partial charge in [0.05, 0.1) is 0 Å². The third-order valence-corrected chi connectivity index (χ3v) is 12.2. The van der Waals surface area contributed by atoms with Gasteiger partial charge in [0, 0.05) is 49.9 Å². The molecule has 7 aromatic carbocycles. The Balaban J connectivity index is 1.02. The molecular weight excluding hydrogens is 671 g/mol. The Morgan fingerprint density at radius 3 is 2.02 bits per heavy atom. The van der Waals surface area contributed by atoms with Crippen LogP contribution in [0.25, 0.3) is 60.9 Å². The number of nitrogens with zero attached hydrogens (tertiary/aromatic N) is 1. The molecule has 0 amide bonds. The summed E-state index contributed by atoms with van der Waals surface area (Å²) in [5.41, 5.74) is 18.6. The molecule has 262 valence electrons. The molecule has 1 aromatic heterocycles. The van der Waals surface area contributed by atoms with Crippen molar-refractivity contribution in [3.05, 3.63) is 197 Å². The highest BCUT2D eigenvalue weighted by Crippen LogP contribution is 2.51. The Kier molecular flexibility index (Phi) is 6.88. The van der Waals surface area contributed by atoms with Crippen LogP contribution in [0.2, 0.25) is 0 Å². The van der Waals surface area contributed by atoms with Crippen LogP contribution < -0.4 is 4.90 Å². The highest BCUT2D eigenvalue weighted by molar-refractivity contribution is 6.23. The molecule has 0 saturated heterocycles. The number of anilines is 2. The largest absolute Gasteiger partial charge is 0.455 e. The first kappa shape index (κ1) is 31.8. The first-order valence-electron chi connectivity index (χ1n) is 19.2. The van der Waals surface area contributed by atoms with Crippen molar-refractivity contribution in [2.45, 2.75) is 32.1 Å². The van der Waals surface area contributed by atoms with Gasteiger partial charge in [-0.05, 0) is 99.3 Å². The topological polar surface area (TPSA) is 33.5 Å². The van der Waals surface area contributed by atoms with Gasteiger partial charge < -0.3 is 9.32 Å². The fraction of sp³-hybridized carbons (Fsp3) is 0.0962. The second-order valence-electron chi connectivity index (χ2n) is 15.5. The lowest BCUT2D eigenvalue weighted by atomic mass is 9.82. The molecule has 0 bridgehead atoms. The summed E-state index contributed by atoms with van der Waals surface area (Å²) < 4.78 is 6.42. The Bertz CT molecular complexity index is 2970. The summed E-state index contributed by atoms with van der Waals surface area (Å²) in [6.45, 7) is 4.68. The molecule has 8 aromatic rings. The van der Waals surface area contributed by atoms with E-state index in [1.165, 1.54) is 33.5 Å². The zero-order valence-corrected chi connectivity index (χ0v) is 30.8. The molecule has 0 radical (unpaired) electrons. The Morgan fingerprint density at radius 1 is 0.527 bits per heavy atom. The van der Waals surface area contributed by atoms with Crippen LogP contribution in [0.4, 0.5) is 11.4 Å². The summed E-state index contributed by atoms with van der Waals surface area (Å²) in [5.74, 6) is 0.124. The highest BCUT2D eigenvalue weighted by Gasteiger charge is 2.36. The molecule has 0 unspecified atom stereocenters. The van der Waals surface area contributed by atoms with Crippen molar-refractivity contribution in [3.63, 3.8) is 0 Å². The maximum Gasteiger partial charge on any atom is 0.194 e. The monoisotopic (exact) mass is 707 g/mol. The van der Waals surface area contributed by atoms with Crippen LogP contribution in [0, 0.1) is 0 Å². The third kappa shape index (κ3) is 4.72. The molecule has 3 aliphatic rings. The van der Waals surface area contributed by atoms with Crippen molar-refractivity contribution in [3.8, 4) is 33.4 Å². The minimum absolute atomic E-state index is 0.117. The molecule has 3 nitrogen and oxygen atoms in total. The van der Waals surface area contributed by atoms with E-state index >= 15 is 0 Å². The van der Waals surface area contributed by atoms with Crippen LogP contribution in [-0.2, 0) is 5.41 Å². The van der Waals surface area contributed by atoms with Crippen molar-refractivity contribution in [2.24, 2.45) is 0 Å². The average Bonchev–Trinajstić information content (AvgIpc) is 3.84. The van der Waals surface area contributed by atoms with Gasteiger partial charge in [0.15, 0.2) is 5.78 Å². The van der Waals surface area contributed by atoms with Crippen LogP contribution in [0.3, 0.4) is 0 Å². The second kappa shape index (κ2) is 11.9. The quantitative estimate of drug-likeness (QED) is 0.179. The van der Waals surface area contributed by atoms with Gasteiger partial charge in [0.2, 0.25) is 0 Å². The number of rotatable bonds is 5. The van der Waals surface area contributed by atoms with Gasteiger partial charge in [-0.25, -0.2) is 0 Å². The smallest absolute Gasteiger partial charge is 0.194 e. The summed E-state index contributed by atoms with van der Waals surface area (Å²) in [4.78, 5) is 16.1. The van der Waals surface area contributed by atoms with Crippen molar-refractivity contribution in [1.82, 2.24) is 0 Å². The molecule has 0 saturated carbocycles. The number of hydrogen-bond donors (Lipinski definition) is 0. The zero-order valence-electron chi connectivity index (χ0n) is 30.8. The fourth-order valence-corrected chi connectivity index (χ4v) is 9.45. The van der Waals surface area contributed by atoms with E-state index in [0.717, 1.165) is 85.1 Å². The van der Waals surface area contributed by atoms with E-state index in [-0.39, 0.29) is 11.2 Å². The molecule has 1 heterocycles. The minimum Gasteiger partial charge on any atom is -0.455 e. The van der Waals surface area contributed by atoms with Gasteiger partial charge >= 0.3 is 0 Å². The highest BCUT2D eigenvalue weighted by atomic mass is 16.3. The second-order valence-corrected chi connectivity index (χ2v) is 15.5. The number of hydrogen-bond acceptors (Lipinski definition) is 3. The number of carbonyl (C=O) groups excluding carboxylic acids is 1. The maximum atomic E-state index is 13.7. The molecule has 0 spiro atoms. The van der Waals surface area contributed by atoms with Crippen molar-refractivity contribution < 1.29 is 9.21 Å². The lowest BCUT2D eigenvalue weighted by molar-refractivity contribution is 0.104. The molecule has 11 rings (SSSR count). The number of allylic oxidation sites excluding steroid dienone is 4. The number of para-hydroxylation sites is 2. The molecule has 0 fully saturated rings. The van der Waals surface area contributed by atoms with E-state index in [9.17, 15) is 4.79 Å². The van der Waals surface area contributed by atoms with Crippen LogP contribution in [-0.4, -0.2) is 5.78 Å². The lowest BCUT2D eigenvalue weighted by Crippen LogP contribution is -2.20. The summed E-state index contributed by atoms with van der Waals surface area (Å²) in [5, 5.41) is 2.26. The number of benzene rings is 7. The van der Waals surface area contributed by atoms with Crippen molar-refractivity contribution >= 4 is 44.7 Å². The first-order valence-corrected chi connectivity index (χ1v) is 19.2. The van der Waals surface area contributed by atoms with Crippen LogP contribution >= 0.6 is 0 Å². The molecule has 55 heavy (non-hydrogen) atoms. The SMILES string of the molecule is CC1(C)c2ccccc2-c2ccc(N(C3=CC=C(c4cccc5c4C(=O)c4ccccc4-5)CC3)c3ccc(-c4cccc5c4oc4ccccc45)cc3)cc21. The Labute approximate surface area is 320 Å². The molecule has 3 aliphatic carbocycles. The van der Waals surface area contributed by atoms with E-state index in [0.29, 0.717) is 0 Å². The molecule has 0 N–H and O–H groups in total. The molecule has 3 heteroatoms. The third-order valence-electron chi connectivity index (χ3n) is 12.2. The van der Waals surface area contributed by atoms with Gasteiger partial charge in [0.1, 0.15) is 11.2 Å². The zero-order chi connectivity index (χ0) is 36.8. The van der Waals surface area contributed by atoms with E-state index in [4.69, 9.17) is 4.42 Å². The summed E-state index contributed by atoms with van der Waals surface area (Å²) in [6, 6.07) is 53.7. The Hall–Kier alpha value is -6.71. The Morgan fingerprint density at radius 2 is 1.18 bits per heavy atom. The number of carbonyl (C=O) groups is 1.